The van der Waals surface area contributed by atoms with Crippen molar-refractivity contribution >= 4 is 11.8 Å². The average Bonchev–Trinajstić information content (AvgIpc) is 2.79. The summed E-state index contributed by atoms with van der Waals surface area (Å²) in [6.45, 7) is 3.13. The highest BCUT2D eigenvalue weighted by molar-refractivity contribution is 7.99. The first-order valence-corrected chi connectivity index (χ1v) is 7.61. The van der Waals surface area contributed by atoms with E-state index in [0.717, 1.165) is 24.5 Å². The monoisotopic (exact) mass is 271 g/mol. The molecular formula is C14H19F2NS. The molecule has 1 heterocycles. The highest BCUT2D eigenvalue weighted by Gasteiger charge is 2.28. The van der Waals surface area contributed by atoms with Crippen LogP contribution in [0.15, 0.2) is 18.2 Å². The molecule has 0 bridgehead atoms. The number of hydrogen-bond donors (Lipinski definition) is 1. The van der Waals surface area contributed by atoms with Crippen LogP contribution in [0.2, 0.25) is 0 Å². The Bertz CT molecular complexity index is 397. The van der Waals surface area contributed by atoms with E-state index in [4.69, 9.17) is 0 Å². The lowest BCUT2D eigenvalue weighted by Crippen LogP contribution is -2.36. The molecule has 100 valence electrons. The van der Waals surface area contributed by atoms with Gasteiger partial charge in [-0.3, -0.25) is 0 Å². The third kappa shape index (κ3) is 3.45. The van der Waals surface area contributed by atoms with Crippen LogP contribution < -0.4 is 5.32 Å². The molecule has 1 aromatic rings. The molecule has 2 atom stereocenters. The molecule has 1 fully saturated rings. The van der Waals surface area contributed by atoms with E-state index in [1.807, 2.05) is 11.8 Å². The zero-order valence-electron chi connectivity index (χ0n) is 10.6. The third-order valence-corrected chi connectivity index (χ3v) is 4.60. The van der Waals surface area contributed by atoms with Gasteiger partial charge in [-0.1, -0.05) is 6.92 Å². The number of rotatable bonds is 5. The van der Waals surface area contributed by atoms with Gasteiger partial charge in [-0.15, -0.1) is 0 Å². The van der Waals surface area contributed by atoms with Crippen LogP contribution in [-0.2, 0) is 6.42 Å². The van der Waals surface area contributed by atoms with Crippen molar-refractivity contribution < 1.29 is 8.78 Å². The van der Waals surface area contributed by atoms with Gasteiger partial charge >= 0.3 is 0 Å². The van der Waals surface area contributed by atoms with Gasteiger partial charge in [0.1, 0.15) is 11.6 Å². The number of hydrogen-bond acceptors (Lipinski definition) is 2. The minimum Gasteiger partial charge on any atom is -0.313 e. The summed E-state index contributed by atoms with van der Waals surface area (Å²) in [6.07, 6.45) is 1.72. The Kier molecular flexibility index (Phi) is 5.01. The van der Waals surface area contributed by atoms with Crippen LogP contribution in [0.3, 0.4) is 0 Å². The highest BCUT2D eigenvalue weighted by Crippen LogP contribution is 2.28. The largest absolute Gasteiger partial charge is 0.313 e. The lowest BCUT2D eigenvalue weighted by molar-refractivity contribution is 0.418. The quantitative estimate of drug-likeness (QED) is 0.882. The second-order valence-corrected chi connectivity index (χ2v) is 5.87. The van der Waals surface area contributed by atoms with Crippen molar-refractivity contribution in [2.45, 2.75) is 25.8 Å². The van der Waals surface area contributed by atoms with Gasteiger partial charge in [0.2, 0.25) is 0 Å². The molecule has 0 aromatic heterocycles. The van der Waals surface area contributed by atoms with Crippen LogP contribution in [0.4, 0.5) is 8.78 Å². The molecule has 1 nitrogen and oxygen atoms in total. The fourth-order valence-corrected chi connectivity index (χ4v) is 3.77. The van der Waals surface area contributed by atoms with E-state index in [-0.39, 0.29) is 11.6 Å². The second-order valence-electron chi connectivity index (χ2n) is 4.80. The molecule has 1 aromatic carbocycles. The maximum Gasteiger partial charge on any atom is 0.126 e. The number of benzene rings is 1. The molecule has 1 aliphatic rings. The Morgan fingerprint density at radius 1 is 1.33 bits per heavy atom. The summed E-state index contributed by atoms with van der Waals surface area (Å²) >= 11 is 1.89. The summed E-state index contributed by atoms with van der Waals surface area (Å²) in [6, 6.07) is 4.16. The molecule has 0 aliphatic carbocycles. The smallest absolute Gasteiger partial charge is 0.126 e. The SMILES string of the molecule is CCCNC1CSCC1Cc1cc(F)ccc1F. The van der Waals surface area contributed by atoms with E-state index in [2.05, 4.69) is 12.2 Å². The van der Waals surface area contributed by atoms with Crippen LogP contribution in [0.25, 0.3) is 0 Å². The van der Waals surface area contributed by atoms with E-state index < -0.39 is 0 Å². The fourth-order valence-electron chi connectivity index (χ4n) is 2.34. The summed E-state index contributed by atoms with van der Waals surface area (Å²) in [4.78, 5) is 0. The van der Waals surface area contributed by atoms with E-state index in [1.165, 1.54) is 18.2 Å². The second kappa shape index (κ2) is 6.53. The molecule has 1 aliphatic heterocycles. The zero-order chi connectivity index (χ0) is 13.0. The molecule has 2 unspecified atom stereocenters. The molecule has 0 saturated carbocycles. The van der Waals surface area contributed by atoms with E-state index in [9.17, 15) is 8.78 Å². The standard InChI is InChI=1S/C14H19F2NS/c1-2-5-17-14-9-18-8-11(14)6-10-7-12(15)3-4-13(10)16/h3-4,7,11,14,17H,2,5-6,8-9H2,1H3. The number of thioether (sulfide) groups is 1. The molecule has 0 spiro atoms. The molecular weight excluding hydrogens is 252 g/mol. The normalized spacial score (nSPS) is 23.5. The van der Waals surface area contributed by atoms with Crippen molar-refractivity contribution in [1.82, 2.24) is 5.32 Å². The van der Waals surface area contributed by atoms with Crippen molar-refractivity contribution in [3.63, 3.8) is 0 Å². The maximum atomic E-state index is 13.6. The lowest BCUT2D eigenvalue weighted by Gasteiger charge is -2.20. The van der Waals surface area contributed by atoms with Crippen LogP contribution in [0.5, 0.6) is 0 Å². The van der Waals surface area contributed by atoms with Gasteiger partial charge in [-0.05, 0) is 54.8 Å². The van der Waals surface area contributed by atoms with Crippen molar-refractivity contribution in [2.75, 3.05) is 18.1 Å². The Morgan fingerprint density at radius 3 is 2.94 bits per heavy atom. The zero-order valence-corrected chi connectivity index (χ0v) is 11.4. The Hall–Kier alpha value is -0.610. The fraction of sp³-hybridized carbons (Fsp3) is 0.571. The molecule has 1 N–H and O–H groups in total. The van der Waals surface area contributed by atoms with Gasteiger partial charge in [-0.2, -0.15) is 11.8 Å². The summed E-state index contributed by atoms with van der Waals surface area (Å²) in [7, 11) is 0. The minimum atomic E-state index is -0.352. The Balaban J connectivity index is 2.01. The summed E-state index contributed by atoms with van der Waals surface area (Å²) in [5.41, 5.74) is 0.505. The summed E-state index contributed by atoms with van der Waals surface area (Å²) in [5, 5.41) is 3.50. The topological polar surface area (TPSA) is 12.0 Å². The maximum absolute atomic E-state index is 13.6. The van der Waals surface area contributed by atoms with Gasteiger partial charge in [0, 0.05) is 11.8 Å². The van der Waals surface area contributed by atoms with Crippen LogP contribution >= 0.6 is 11.8 Å². The lowest BCUT2D eigenvalue weighted by atomic mass is 9.94. The Morgan fingerprint density at radius 2 is 2.17 bits per heavy atom. The third-order valence-electron chi connectivity index (χ3n) is 3.34. The van der Waals surface area contributed by atoms with Crippen LogP contribution in [-0.4, -0.2) is 24.1 Å². The van der Waals surface area contributed by atoms with Crippen molar-refractivity contribution in [3.05, 3.63) is 35.4 Å². The van der Waals surface area contributed by atoms with E-state index in [1.54, 1.807) is 0 Å². The predicted octanol–water partition coefficient (Wildman–Crippen LogP) is 3.24. The van der Waals surface area contributed by atoms with Crippen LogP contribution in [0.1, 0.15) is 18.9 Å². The average molecular weight is 271 g/mol. The molecule has 0 amide bonds. The van der Waals surface area contributed by atoms with Crippen LogP contribution in [0, 0.1) is 17.6 Å². The molecule has 4 heteroatoms. The Labute approximate surface area is 111 Å². The predicted molar refractivity (Wildman–Crippen MR) is 73.0 cm³/mol. The van der Waals surface area contributed by atoms with E-state index >= 15 is 0 Å². The van der Waals surface area contributed by atoms with Gasteiger partial charge in [0.15, 0.2) is 0 Å². The molecule has 2 rings (SSSR count). The first kappa shape index (κ1) is 13.8. The first-order valence-electron chi connectivity index (χ1n) is 6.45. The number of halogens is 2. The van der Waals surface area contributed by atoms with Crippen molar-refractivity contribution in [2.24, 2.45) is 5.92 Å². The molecule has 1 saturated heterocycles. The van der Waals surface area contributed by atoms with E-state index in [0.29, 0.717) is 23.9 Å². The highest BCUT2D eigenvalue weighted by atomic mass is 32.2. The summed E-state index contributed by atoms with van der Waals surface area (Å²) in [5.74, 6) is 1.86. The molecule has 18 heavy (non-hydrogen) atoms. The van der Waals surface area contributed by atoms with Crippen molar-refractivity contribution in [3.8, 4) is 0 Å². The first-order chi connectivity index (χ1) is 8.70. The minimum absolute atomic E-state index is 0.289. The van der Waals surface area contributed by atoms with Gasteiger partial charge < -0.3 is 5.32 Å². The summed E-state index contributed by atoms with van der Waals surface area (Å²) < 4.78 is 26.7. The molecule has 0 radical (unpaired) electrons. The number of nitrogens with one attached hydrogen (secondary N) is 1. The van der Waals surface area contributed by atoms with Gasteiger partial charge in [0.25, 0.3) is 0 Å². The van der Waals surface area contributed by atoms with Gasteiger partial charge in [0.05, 0.1) is 0 Å². The van der Waals surface area contributed by atoms with Gasteiger partial charge in [-0.25, -0.2) is 8.78 Å². The van der Waals surface area contributed by atoms with Crippen molar-refractivity contribution in [1.29, 1.82) is 0 Å².